The van der Waals surface area contributed by atoms with Gasteiger partial charge in [0.25, 0.3) is 0 Å². The van der Waals surface area contributed by atoms with Gasteiger partial charge in [-0.05, 0) is 43.6 Å². The zero-order chi connectivity index (χ0) is 16.5. The van der Waals surface area contributed by atoms with E-state index in [9.17, 15) is 17.4 Å². The van der Waals surface area contributed by atoms with Crippen LogP contribution >= 0.6 is 12.2 Å². The predicted octanol–water partition coefficient (Wildman–Crippen LogP) is 3.30. The van der Waals surface area contributed by atoms with Crippen molar-refractivity contribution in [1.82, 2.24) is 10.3 Å². The number of aromatic nitrogens is 1. The van der Waals surface area contributed by atoms with Crippen LogP contribution in [0.1, 0.15) is 36.3 Å². The molecule has 0 radical (unpaired) electrons. The topological polar surface area (TPSA) is 54.4 Å². The first-order valence-corrected chi connectivity index (χ1v) is 9.03. The largest absolute Gasteiger partial charge is 0.433 e. The van der Waals surface area contributed by atoms with E-state index in [1.54, 1.807) is 6.92 Å². The van der Waals surface area contributed by atoms with Gasteiger partial charge in [0.1, 0.15) is 5.69 Å². The molecule has 9 heteroatoms. The summed E-state index contributed by atoms with van der Waals surface area (Å²) in [5, 5.41) is 2.57. The van der Waals surface area contributed by atoms with Crippen molar-refractivity contribution in [3.8, 4) is 0 Å². The van der Waals surface area contributed by atoms with Crippen LogP contribution in [0.5, 0.6) is 0 Å². The van der Waals surface area contributed by atoms with E-state index in [0.29, 0.717) is 11.6 Å². The summed E-state index contributed by atoms with van der Waals surface area (Å²) in [4.78, 5) is 3.38. The Balaban J connectivity index is 2.18. The van der Waals surface area contributed by atoms with E-state index in [4.69, 9.17) is 12.2 Å². The van der Waals surface area contributed by atoms with Crippen LogP contribution in [0.25, 0.3) is 0 Å². The number of hydrogen-bond donors (Lipinski definition) is 1. The van der Waals surface area contributed by atoms with Gasteiger partial charge in [-0.3, -0.25) is 4.98 Å². The number of pyridine rings is 1. The van der Waals surface area contributed by atoms with Gasteiger partial charge in [-0.25, -0.2) is 4.21 Å². The van der Waals surface area contributed by atoms with Crippen molar-refractivity contribution >= 4 is 27.1 Å². The van der Waals surface area contributed by atoms with E-state index in [2.05, 4.69) is 14.7 Å². The highest BCUT2D eigenvalue weighted by atomic mass is 32.2. The summed E-state index contributed by atoms with van der Waals surface area (Å²) >= 11 is 5.04. The number of rotatable bonds is 3. The number of thiocarbonyl (C=S) groups is 1. The normalized spacial score (nSPS) is 19.1. The second kappa shape index (κ2) is 6.11. The van der Waals surface area contributed by atoms with Gasteiger partial charge in [0.2, 0.25) is 5.11 Å². The van der Waals surface area contributed by atoms with Gasteiger partial charge in [-0.2, -0.15) is 17.5 Å². The van der Waals surface area contributed by atoms with Crippen LogP contribution < -0.4 is 5.32 Å². The van der Waals surface area contributed by atoms with Crippen LogP contribution in [0.2, 0.25) is 0 Å². The summed E-state index contributed by atoms with van der Waals surface area (Å²) in [5.74, 6) is 0. The third kappa shape index (κ3) is 4.39. The Hall–Kier alpha value is -1.22. The minimum Gasteiger partial charge on any atom is -0.358 e. The second-order valence-corrected chi connectivity index (χ2v) is 8.29. The molecule has 1 aliphatic rings. The van der Waals surface area contributed by atoms with Crippen LogP contribution in [0.4, 0.5) is 13.2 Å². The molecule has 0 aromatic carbocycles. The number of nitrogens with one attached hydrogen (secondary N) is 1. The molecule has 2 unspecified atom stereocenters. The SMILES string of the molecule is CC(c1ccc(C(F)(F)F)nc1)S(C)(=O)=NC(=S)NC1CC1. The fourth-order valence-corrected chi connectivity index (χ4v) is 3.53. The monoisotopic (exact) mass is 351 g/mol. The molecule has 0 aliphatic heterocycles. The van der Waals surface area contributed by atoms with Crippen LogP contribution in [0.3, 0.4) is 0 Å². The molecule has 1 fully saturated rings. The molecule has 0 saturated heterocycles. The first kappa shape index (κ1) is 17.1. The molecule has 1 saturated carbocycles. The summed E-state index contributed by atoms with van der Waals surface area (Å²) in [5.41, 5.74) is -0.549. The molecule has 1 aromatic rings. The lowest BCUT2D eigenvalue weighted by molar-refractivity contribution is -0.141. The number of alkyl halides is 3. The molecule has 0 amide bonds. The third-order valence-corrected chi connectivity index (χ3v) is 5.83. The van der Waals surface area contributed by atoms with E-state index in [-0.39, 0.29) is 5.11 Å². The van der Waals surface area contributed by atoms with Crippen LogP contribution in [-0.2, 0) is 15.9 Å². The predicted molar refractivity (Wildman–Crippen MR) is 82.9 cm³/mol. The second-order valence-electron chi connectivity index (χ2n) is 5.29. The minimum absolute atomic E-state index is 0.182. The van der Waals surface area contributed by atoms with Crippen molar-refractivity contribution in [3.63, 3.8) is 0 Å². The molecule has 2 atom stereocenters. The van der Waals surface area contributed by atoms with Crippen molar-refractivity contribution in [1.29, 1.82) is 0 Å². The van der Waals surface area contributed by atoms with Crippen molar-refractivity contribution in [2.75, 3.05) is 6.26 Å². The van der Waals surface area contributed by atoms with E-state index in [0.717, 1.165) is 25.1 Å². The van der Waals surface area contributed by atoms with Crippen LogP contribution in [0.15, 0.2) is 22.7 Å². The first-order valence-electron chi connectivity index (χ1n) is 6.64. The maximum Gasteiger partial charge on any atom is 0.433 e. The lowest BCUT2D eigenvalue weighted by Gasteiger charge is -2.15. The number of hydrogen-bond acceptors (Lipinski definition) is 3. The molecule has 1 aliphatic carbocycles. The zero-order valence-electron chi connectivity index (χ0n) is 12.1. The van der Waals surface area contributed by atoms with Gasteiger partial charge in [0.05, 0.1) is 15.0 Å². The Morgan fingerprint density at radius 2 is 2.14 bits per heavy atom. The third-order valence-electron chi connectivity index (χ3n) is 3.37. The highest BCUT2D eigenvalue weighted by Crippen LogP contribution is 2.29. The Morgan fingerprint density at radius 3 is 2.59 bits per heavy atom. The zero-order valence-corrected chi connectivity index (χ0v) is 13.7. The first-order chi connectivity index (χ1) is 10.1. The van der Waals surface area contributed by atoms with Crippen molar-refractivity contribution in [2.45, 2.75) is 37.2 Å². The van der Waals surface area contributed by atoms with Gasteiger partial charge in [0, 0.05) is 18.5 Å². The molecule has 0 spiro atoms. The molecule has 1 aromatic heterocycles. The van der Waals surface area contributed by atoms with Crippen LogP contribution in [-0.4, -0.2) is 26.6 Å². The maximum atomic E-state index is 12.6. The summed E-state index contributed by atoms with van der Waals surface area (Å²) < 4.78 is 54.1. The van der Waals surface area contributed by atoms with Gasteiger partial charge < -0.3 is 5.32 Å². The quantitative estimate of drug-likeness (QED) is 0.849. The lowest BCUT2D eigenvalue weighted by Crippen LogP contribution is -2.23. The van der Waals surface area contributed by atoms with Gasteiger partial charge in [0.15, 0.2) is 0 Å². The summed E-state index contributed by atoms with van der Waals surface area (Å²) in [7, 11) is -2.73. The highest BCUT2D eigenvalue weighted by molar-refractivity contribution is 7.94. The fourth-order valence-electron chi connectivity index (χ4n) is 1.74. The van der Waals surface area contributed by atoms with Gasteiger partial charge in [-0.15, -0.1) is 0 Å². The molecule has 4 nitrogen and oxygen atoms in total. The molecule has 122 valence electrons. The van der Waals surface area contributed by atoms with Crippen LogP contribution in [0, 0.1) is 0 Å². The Labute approximate surface area is 132 Å². The average Bonchev–Trinajstić information content (AvgIpc) is 3.20. The van der Waals surface area contributed by atoms with Crippen molar-refractivity contribution in [3.05, 3.63) is 29.6 Å². The molecule has 2 rings (SSSR count). The number of nitrogens with zero attached hydrogens (tertiary/aromatic N) is 2. The molecule has 1 N–H and O–H groups in total. The minimum atomic E-state index is -4.49. The molecule has 0 bridgehead atoms. The Bertz CT molecular complexity index is 675. The summed E-state index contributed by atoms with van der Waals surface area (Å²) in [6, 6.07) is 2.45. The maximum absolute atomic E-state index is 12.6. The molecular formula is C13H16F3N3OS2. The number of halogens is 3. The van der Waals surface area contributed by atoms with E-state index in [1.165, 1.54) is 12.3 Å². The van der Waals surface area contributed by atoms with Crippen molar-refractivity contribution < 1.29 is 17.4 Å². The molecule has 1 heterocycles. The highest BCUT2D eigenvalue weighted by Gasteiger charge is 2.32. The fraction of sp³-hybridized carbons (Fsp3) is 0.538. The standard InChI is InChI=1S/C13H16F3N3OS2/c1-8(9-3-6-11(17-7-9)13(14,15)16)22(2,20)19-12(21)18-10-4-5-10/h3,6-8,10H,4-5H2,1-2H3,(H,18,21). The molecule has 22 heavy (non-hydrogen) atoms. The van der Waals surface area contributed by atoms with E-state index in [1.807, 2.05) is 0 Å². The molecular weight excluding hydrogens is 335 g/mol. The van der Waals surface area contributed by atoms with E-state index < -0.39 is 26.8 Å². The van der Waals surface area contributed by atoms with Gasteiger partial charge in [-0.1, -0.05) is 6.07 Å². The Kier molecular flexibility index (Phi) is 4.76. The Morgan fingerprint density at radius 1 is 1.50 bits per heavy atom. The van der Waals surface area contributed by atoms with Crippen molar-refractivity contribution in [2.24, 2.45) is 4.36 Å². The summed E-state index contributed by atoms with van der Waals surface area (Å²) in [6.45, 7) is 1.63. The van der Waals surface area contributed by atoms with E-state index >= 15 is 0 Å². The smallest absolute Gasteiger partial charge is 0.358 e. The van der Waals surface area contributed by atoms with Gasteiger partial charge >= 0.3 is 6.18 Å². The average molecular weight is 351 g/mol. The lowest BCUT2D eigenvalue weighted by atomic mass is 10.2. The summed E-state index contributed by atoms with van der Waals surface area (Å²) in [6.07, 6.45) is 0.0626.